The Bertz CT molecular complexity index is 363. The van der Waals surface area contributed by atoms with E-state index in [1.165, 1.54) is 6.07 Å². The summed E-state index contributed by atoms with van der Waals surface area (Å²) in [6, 6.07) is 6.04. The predicted octanol–water partition coefficient (Wildman–Crippen LogP) is 2.66. The van der Waals surface area contributed by atoms with Crippen molar-refractivity contribution in [1.29, 1.82) is 0 Å². The molecule has 0 spiro atoms. The molecule has 0 aromatic heterocycles. The lowest BCUT2D eigenvalue weighted by molar-refractivity contribution is -0.0364. The van der Waals surface area contributed by atoms with Gasteiger partial charge in [0.05, 0.1) is 31.5 Å². The maximum Gasteiger partial charge on any atom is 0.128 e. The van der Waals surface area contributed by atoms with Crippen LogP contribution in [0.4, 0.5) is 4.39 Å². The van der Waals surface area contributed by atoms with Gasteiger partial charge in [0.1, 0.15) is 5.82 Å². The Balaban J connectivity index is 2.26. The van der Waals surface area contributed by atoms with Crippen LogP contribution in [0.15, 0.2) is 24.3 Å². The number of nitrogens with two attached hydrogens (primary N) is 1. The van der Waals surface area contributed by atoms with Gasteiger partial charge in [-0.1, -0.05) is 18.2 Å². The number of benzene rings is 1. The molecule has 0 saturated heterocycles. The van der Waals surface area contributed by atoms with Gasteiger partial charge < -0.3 is 15.2 Å². The molecule has 0 aliphatic rings. The van der Waals surface area contributed by atoms with Crippen molar-refractivity contribution in [3.05, 3.63) is 35.6 Å². The molecule has 1 unspecified atom stereocenters. The normalized spacial score (nSPS) is 13.6. The molecule has 0 saturated carbocycles. The number of ether oxygens (including phenoxy) is 2. The third-order valence-corrected chi connectivity index (χ3v) is 2.36. The molecule has 0 heterocycles. The summed E-state index contributed by atoms with van der Waals surface area (Å²) in [4.78, 5) is 0. The molecule has 102 valence electrons. The van der Waals surface area contributed by atoms with Crippen molar-refractivity contribution < 1.29 is 13.9 Å². The van der Waals surface area contributed by atoms with E-state index in [0.717, 1.165) is 0 Å². The second-order valence-corrected chi connectivity index (χ2v) is 5.16. The summed E-state index contributed by atoms with van der Waals surface area (Å²) < 4.78 is 24.3. The number of rotatable bonds is 6. The van der Waals surface area contributed by atoms with Gasteiger partial charge in [-0.3, -0.25) is 0 Å². The molecule has 0 radical (unpaired) electrons. The first-order valence-corrected chi connectivity index (χ1v) is 6.12. The number of halogens is 1. The highest BCUT2D eigenvalue weighted by Crippen LogP contribution is 2.14. The average Bonchev–Trinajstić information content (AvgIpc) is 2.27. The van der Waals surface area contributed by atoms with Gasteiger partial charge >= 0.3 is 0 Å². The molecule has 4 heteroatoms. The first kappa shape index (κ1) is 15.1. The molecule has 3 nitrogen and oxygen atoms in total. The summed E-state index contributed by atoms with van der Waals surface area (Å²) >= 11 is 0. The van der Waals surface area contributed by atoms with Crippen LogP contribution in [0.25, 0.3) is 0 Å². The van der Waals surface area contributed by atoms with Gasteiger partial charge in [0.25, 0.3) is 0 Å². The SMILES string of the molecule is CC(C)(C)OCCOCC(N)c1ccccc1F. The summed E-state index contributed by atoms with van der Waals surface area (Å²) in [6.07, 6.45) is 0. The monoisotopic (exact) mass is 255 g/mol. The van der Waals surface area contributed by atoms with E-state index in [4.69, 9.17) is 15.2 Å². The topological polar surface area (TPSA) is 44.5 Å². The Morgan fingerprint density at radius 3 is 2.50 bits per heavy atom. The molecule has 1 aromatic carbocycles. The predicted molar refractivity (Wildman–Crippen MR) is 69.9 cm³/mol. The van der Waals surface area contributed by atoms with Crippen LogP contribution in [0.2, 0.25) is 0 Å². The molecule has 0 fully saturated rings. The third-order valence-electron chi connectivity index (χ3n) is 2.36. The molecule has 0 aliphatic carbocycles. The van der Waals surface area contributed by atoms with E-state index < -0.39 is 6.04 Å². The van der Waals surface area contributed by atoms with Gasteiger partial charge in [0.2, 0.25) is 0 Å². The first-order valence-electron chi connectivity index (χ1n) is 6.12. The minimum absolute atomic E-state index is 0.170. The third kappa shape index (κ3) is 5.58. The van der Waals surface area contributed by atoms with E-state index in [2.05, 4.69) is 0 Å². The molecule has 1 atom stereocenters. The van der Waals surface area contributed by atoms with Crippen LogP contribution in [-0.4, -0.2) is 25.4 Å². The molecule has 0 aliphatic heterocycles. The number of hydrogen-bond donors (Lipinski definition) is 1. The first-order chi connectivity index (χ1) is 8.40. The lowest BCUT2D eigenvalue weighted by Crippen LogP contribution is -2.24. The lowest BCUT2D eigenvalue weighted by Gasteiger charge is -2.20. The second-order valence-electron chi connectivity index (χ2n) is 5.16. The summed E-state index contributed by atoms with van der Waals surface area (Å²) in [5, 5.41) is 0. The van der Waals surface area contributed by atoms with Crippen LogP contribution in [-0.2, 0) is 9.47 Å². The number of hydrogen-bond acceptors (Lipinski definition) is 3. The van der Waals surface area contributed by atoms with Crippen molar-refractivity contribution in [3.63, 3.8) is 0 Å². The zero-order chi connectivity index (χ0) is 13.6. The Hall–Kier alpha value is -0.970. The van der Waals surface area contributed by atoms with E-state index in [0.29, 0.717) is 18.8 Å². The van der Waals surface area contributed by atoms with E-state index >= 15 is 0 Å². The molecular formula is C14H22FNO2. The van der Waals surface area contributed by atoms with Crippen molar-refractivity contribution in [2.75, 3.05) is 19.8 Å². The molecule has 0 amide bonds. The van der Waals surface area contributed by atoms with Crippen LogP contribution < -0.4 is 5.73 Å². The van der Waals surface area contributed by atoms with E-state index in [9.17, 15) is 4.39 Å². The fourth-order valence-electron chi connectivity index (χ4n) is 1.48. The van der Waals surface area contributed by atoms with Crippen LogP contribution in [0, 0.1) is 5.82 Å². The highest BCUT2D eigenvalue weighted by atomic mass is 19.1. The molecule has 1 rings (SSSR count). The van der Waals surface area contributed by atoms with E-state index in [1.54, 1.807) is 18.2 Å². The van der Waals surface area contributed by atoms with Gasteiger partial charge in [-0.15, -0.1) is 0 Å². The summed E-state index contributed by atoms with van der Waals surface area (Å²) in [6.45, 7) is 7.20. The minimum atomic E-state index is -0.444. The van der Waals surface area contributed by atoms with Crippen molar-refractivity contribution in [1.82, 2.24) is 0 Å². The fraction of sp³-hybridized carbons (Fsp3) is 0.571. The van der Waals surface area contributed by atoms with Crippen LogP contribution in [0.3, 0.4) is 0 Å². The highest BCUT2D eigenvalue weighted by molar-refractivity contribution is 5.20. The van der Waals surface area contributed by atoms with Gasteiger partial charge in [-0.25, -0.2) is 4.39 Å². The highest BCUT2D eigenvalue weighted by Gasteiger charge is 2.12. The zero-order valence-corrected chi connectivity index (χ0v) is 11.3. The Kier molecular flexibility index (Phi) is 5.72. The summed E-state index contributed by atoms with van der Waals surface area (Å²) in [7, 11) is 0. The Labute approximate surface area is 108 Å². The quantitative estimate of drug-likeness (QED) is 0.795. The fourth-order valence-corrected chi connectivity index (χ4v) is 1.48. The maximum atomic E-state index is 13.4. The summed E-state index contributed by atoms with van der Waals surface area (Å²) in [5.41, 5.74) is 6.17. The largest absolute Gasteiger partial charge is 0.377 e. The van der Waals surface area contributed by atoms with Crippen LogP contribution in [0.5, 0.6) is 0 Å². The molecule has 18 heavy (non-hydrogen) atoms. The van der Waals surface area contributed by atoms with Gasteiger partial charge in [0, 0.05) is 5.56 Å². The smallest absolute Gasteiger partial charge is 0.128 e. The van der Waals surface area contributed by atoms with Crippen molar-refractivity contribution in [2.24, 2.45) is 5.73 Å². The van der Waals surface area contributed by atoms with E-state index in [-0.39, 0.29) is 18.0 Å². The van der Waals surface area contributed by atoms with Crippen LogP contribution >= 0.6 is 0 Å². The molecule has 0 bridgehead atoms. The zero-order valence-electron chi connectivity index (χ0n) is 11.3. The molecular weight excluding hydrogens is 233 g/mol. The maximum absolute atomic E-state index is 13.4. The van der Waals surface area contributed by atoms with E-state index in [1.807, 2.05) is 20.8 Å². The average molecular weight is 255 g/mol. The van der Waals surface area contributed by atoms with Crippen molar-refractivity contribution in [2.45, 2.75) is 32.4 Å². The lowest BCUT2D eigenvalue weighted by atomic mass is 10.1. The Morgan fingerprint density at radius 2 is 1.89 bits per heavy atom. The minimum Gasteiger partial charge on any atom is -0.377 e. The van der Waals surface area contributed by atoms with Crippen molar-refractivity contribution in [3.8, 4) is 0 Å². The molecule has 2 N–H and O–H groups in total. The van der Waals surface area contributed by atoms with Gasteiger partial charge in [-0.2, -0.15) is 0 Å². The standard InChI is InChI=1S/C14H22FNO2/c1-14(2,3)18-9-8-17-10-13(16)11-6-4-5-7-12(11)15/h4-7,13H,8-10,16H2,1-3H3. The summed E-state index contributed by atoms with van der Waals surface area (Å²) in [5.74, 6) is -0.292. The van der Waals surface area contributed by atoms with Gasteiger partial charge in [-0.05, 0) is 26.8 Å². The second kappa shape index (κ2) is 6.83. The van der Waals surface area contributed by atoms with Crippen LogP contribution in [0.1, 0.15) is 32.4 Å². The van der Waals surface area contributed by atoms with Crippen molar-refractivity contribution >= 4 is 0 Å². The Morgan fingerprint density at radius 1 is 1.22 bits per heavy atom. The van der Waals surface area contributed by atoms with Gasteiger partial charge in [0.15, 0.2) is 0 Å². The molecule has 1 aromatic rings.